The van der Waals surface area contributed by atoms with E-state index in [0.717, 1.165) is 49.5 Å². The summed E-state index contributed by atoms with van der Waals surface area (Å²) in [6.07, 6.45) is 3.97. The van der Waals surface area contributed by atoms with Crippen molar-refractivity contribution in [3.05, 3.63) is 36.2 Å². The van der Waals surface area contributed by atoms with Gasteiger partial charge in [0.2, 0.25) is 5.89 Å². The number of oxazole rings is 1. The summed E-state index contributed by atoms with van der Waals surface area (Å²) in [4.78, 5) is 6.90. The Balaban J connectivity index is 1.65. The predicted octanol–water partition coefficient (Wildman–Crippen LogP) is 2.55. The molecule has 0 radical (unpaired) electrons. The first-order valence-electron chi connectivity index (χ1n) is 7.70. The predicted molar refractivity (Wildman–Crippen MR) is 83.6 cm³/mol. The van der Waals surface area contributed by atoms with E-state index in [1.807, 2.05) is 24.3 Å². The maximum Gasteiger partial charge on any atom is 0.226 e. The first kappa shape index (κ1) is 15.1. The Morgan fingerprint density at radius 2 is 2.18 bits per heavy atom. The van der Waals surface area contributed by atoms with Gasteiger partial charge in [0.05, 0.1) is 12.8 Å². The Labute approximate surface area is 130 Å². The quantitative estimate of drug-likeness (QED) is 0.920. The van der Waals surface area contributed by atoms with Crippen molar-refractivity contribution in [2.24, 2.45) is 5.92 Å². The van der Waals surface area contributed by atoms with Crippen LogP contribution in [0.3, 0.4) is 0 Å². The lowest BCUT2D eigenvalue weighted by Gasteiger charge is -2.30. The summed E-state index contributed by atoms with van der Waals surface area (Å²) in [5.74, 6) is 1.84. The van der Waals surface area contributed by atoms with E-state index in [0.29, 0.717) is 11.8 Å². The Hall–Kier alpha value is -1.85. The molecule has 1 unspecified atom stereocenters. The zero-order valence-corrected chi connectivity index (χ0v) is 12.9. The van der Waals surface area contributed by atoms with E-state index in [4.69, 9.17) is 9.15 Å². The molecule has 1 aliphatic heterocycles. The molecule has 22 heavy (non-hydrogen) atoms. The molecule has 3 rings (SSSR count). The lowest BCUT2D eigenvalue weighted by Crippen LogP contribution is -2.36. The van der Waals surface area contributed by atoms with Crippen LogP contribution in [0.15, 0.2) is 34.9 Å². The summed E-state index contributed by atoms with van der Waals surface area (Å²) in [7, 11) is 1.65. The molecule has 118 valence electrons. The van der Waals surface area contributed by atoms with Gasteiger partial charge in [0.15, 0.2) is 0 Å². The maximum atomic E-state index is 9.30. The zero-order chi connectivity index (χ0) is 15.4. The molecular formula is C17H22N2O3. The van der Waals surface area contributed by atoms with Crippen LogP contribution in [0.2, 0.25) is 0 Å². The standard InChI is InChI=1S/C17H22N2O3/c1-21-16-6-4-14(5-7-16)17-18-15(12-22-17)10-19-8-2-3-13(9-19)11-20/h4-7,12-13,20H,2-3,8-11H2,1H3. The van der Waals surface area contributed by atoms with E-state index < -0.39 is 0 Å². The highest BCUT2D eigenvalue weighted by Crippen LogP contribution is 2.23. The third kappa shape index (κ3) is 3.48. The van der Waals surface area contributed by atoms with Crippen molar-refractivity contribution in [3.8, 4) is 17.2 Å². The summed E-state index contributed by atoms with van der Waals surface area (Å²) >= 11 is 0. The number of benzene rings is 1. The first-order chi connectivity index (χ1) is 10.8. The molecule has 1 N–H and O–H groups in total. The normalized spacial score (nSPS) is 19.3. The third-order valence-electron chi connectivity index (χ3n) is 4.14. The lowest BCUT2D eigenvalue weighted by atomic mass is 9.99. The number of ether oxygens (including phenoxy) is 1. The fourth-order valence-electron chi connectivity index (χ4n) is 2.92. The molecule has 0 aliphatic carbocycles. The minimum atomic E-state index is 0.270. The van der Waals surface area contributed by atoms with Crippen LogP contribution in [0.25, 0.3) is 11.5 Å². The van der Waals surface area contributed by atoms with Crippen LogP contribution in [0.1, 0.15) is 18.5 Å². The summed E-state index contributed by atoms with van der Waals surface area (Å²) in [6.45, 7) is 3.03. The number of methoxy groups -OCH3 is 1. The summed E-state index contributed by atoms with van der Waals surface area (Å²) in [5.41, 5.74) is 1.88. The van der Waals surface area contributed by atoms with Crippen molar-refractivity contribution < 1.29 is 14.3 Å². The second-order valence-electron chi connectivity index (χ2n) is 5.80. The van der Waals surface area contributed by atoms with Gasteiger partial charge in [-0.15, -0.1) is 0 Å². The Bertz CT molecular complexity index is 594. The second-order valence-corrected chi connectivity index (χ2v) is 5.80. The molecule has 5 nitrogen and oxygen atoms in total. The van der Waals surface area contributed by atoms with Crippen molar-refractivity contribution in [2.75, 3.05) is 26.8 Å². The van der Waals surface area contributed by atoms with Crippen LogP contribution < -0.4 is 4.74 Å². The molecule has 0 saturated carbocycles. The molecule has 1 atom stereocenters. The molecule has 1 aromatic heterocycles. The second kappa shape index (κ2) is 6.94. The van der Waals surface area contributed by atoms with Gasteiger partial charge in [0.1, 0.15) is 12.0 Å². The number of hydrogen-bond acceptors (Lipinski definition) is 5. The van der Waals surface area contributed by atoms with E-state index >= 15 is 0 Å². The van der Waals surface area contributed by atoms with Gasteiger partial charge in [-0.05, 0) is 49.6 Å². The number of aliphatic hydroxyl groups is 1. The Morgan fingerprint density at radius 1 is 1.36 bits per heavy atom. The average Bonchev–Trinajstić information content (AvgIpc) is 3.03. The van der Waals surface area contributed by atoms with Gasteiger partial charge in [0, 0.05) is 25.3 Å². The molecule has 2 heterocycles. The fraction of sp³-hybridized carbons (Fsp3) is 0.471. The minimum absolute atomic E-state index is 0.270. The van der Waals surface area contributed by atoms with Crippen LogP contribution in [-0.2, 0) is 6.54 Å². The van der Waals surface area contributed by atoms with Crippen molar-refractivity contribution in [3.63, 3.8) is 0 Å². The van der Waals surface area contributed by atoms with Crippen LogP contribution in [0.4, 0.5) is 0 Å². The zero-order valence-electron chi connectivity index (χ0n) is 12.9. The Kier molecular flexibility index (Phi) is 4.75. The van der Waals surface area contributed by atoms with E-state index in [-0.39, 0.29) is 6.61 Å². The molecule has 1 aliphatic rings. The SMILES string of the molecule is COc1ccc(-c2nc(CN3CCCC(CO)C3)co2)cc1. The van der Waals surface area contributed by atoms with Crippen molar-refractivity contribution >= 4 is 0 Å². The van der Waals surface area contributed by atoms with Crippen molar-refractivity contribution in [1.82, 2.24) is 9.88 Å². The smallest absolute Gasteiger partial charge is 0.226 e. The van der Waals surface area contributed by atoms with Crippen LogP contribution in [-0.4, -0.2) is 41.8 Å². The van der Waals surface area contributed by atoms with E-state index in [2.05, 4.69) is 9.88 Å². The van der Waals surface area contributed by atoms with E-state index in [9.17, 15) is 5.11 Å². The highest BCUT2D eigenvalue weighted by Gasteiger charge is 2.20. The molecule has 2 aromatic rings. The van der Waals surface area contributed by atoms with Gasteiger partial charge in [-0.1, -0.05) is 0 Å². The largest absolute Gasteiger partial charge is 0.497 e. The van der Waals surface area contributed by atoms with Gasteiger partial charge in [0.25, 0.3) is 0 Å². The summed E-state index contributed by atoms with van der Waals surface area (Å²) in [6, 6.07) is 7.68. The van der Waals surface area contributed by atoms with Crippen LogP contribution in [0.5, 0.6) is 5.75 Å². The monoisotopic (exact) mass is 302 g/mol. The molecule has 1 saturated heterocycles. The van der Waals surface area contributed by atoms with Gasteiger partial charge in [-0.25, -0.2) is 4.98 Å². The lowest BCUT2D eigenvalue weighted by molar-refractivity contribution is 0.115. The van der Waals surface area contributed by atoms with Crippen molar-refractivity contribution in [2.45, 2.75) is 19.4 Å². The van der Waals surface area contributed by atoms with Crippen LogP contribution >= 0.6 is 0 Å². The van der Waals surface area contributed by atoms with E-state index in [1.165, 1.54) is 0 Å². The number of rotatable bonds is 5. The first-order valence-corrected chi connectivity index (χ1v) is 7.70. The van der Waals surface area contributed by atoms with Crippen LogP contribution in [0, 0.1) is 5.92 Å². The number of nitrogens with zero attached hydrogens (tertiary/aromatic N) is 2. The number of likely N-dealkylation sites (tertiary alicyclic amines) is 1. The molecule has 5 heteroatoms. The summed E-state index contributed by atoms with van der Waals surface area (Å²) < 4.78 is 10.7. The Morgan fingerprint density at radius 3 is 2.91 bits per heavy atom. The maximum absolute atomic E-state index is 9.30. The highest BCUT2D eigenvalue weighted by atomic mass is 16.5. The number of aromatic nitrogens is 1. The molecule has 1 aromatic carbocycles. The van der Waals surface area contributed by atoms with E-state index in [1.54, 1.807) is 13.4 Å². The number of aliphatic hydroxyl groups excluding tert-OH is 1. The molecule has 1 fully saturated rings. The van der Waals surface area contributed by atoms with Gasteiger partial charge in [-0.3, -0.25) is 4.90 Å². The topological polar surface area (TPSA) is 58.7 Å². The molecular weight excluding hydrogens is 280 g/mol. The number of hydrogen-bond donors (Lipinski definition) is 1. The summed E-state index contributed by atoms with van der Waals surface area (Å²) in [5, 5.41) is 9.30. The highest BCUT2D eigenvalue weighted by molar-refractivity contribution is 5.54. The van der Waals surface area contributed by atoms with Gasteiger partial charge >= 0.3 is 0 Å². The average molecular weight is 302 g/mol. The molecule has 0 spiro atoms. The van der Waals surface area contributed by atoms with Gasteiger partial charge < -0.3 is 14.3 Å². The van der Waals surface area contributed by atoms with Crippen molar-refractivity contribution in [1.29, 1.82) is 0 Å². The molecule has 0 bridgehead atoms. The molecule has 0 amide bonds. The fourth-order valence-corrected chi connectivity index (χ4v) is 2.92. The minimum Gasteiger partial charge on any atom is -0.497 e. The number of piperidine rings is 1. The van der Waals surface area contributed by atoms with Gasteiger partial charge in [-0.2, -0.15) is 0 Å². The third-order valence-corrected chi connectivity index (χ3v) is 4.14.